The Morgan fingerprint density at radius 3 is 2.74 bits per heavy atom. The summed E-state index contributed by atoms with van der Waals surface area (Å²) in [5, 5.41) is 0.883. The minimum absolute atomic E-state index is 0.291. The fraction of sp³-hybridized carbons (Fsp3) is 0.238. The van der Waals surface area contributed by atoms with Crippen LogP contribution >= 0.6 is 0 Å². The summed E-state index contributed by atoms with van der Waals surface area (Å²) in [6.45, 7) is 1.06. The smallest absolute Gasteiger partial charge is 0.341 e. The lowest BCUT2D eigenvalue weighted by molar-refractivity contribution is 0.0486. The van der Waals surface area contributed by atoms with Crippen molar-refractivity contribution in [2.45, 2.75) is 0 Å². The van der Waals surface area contributed by atoms with Crippen molar-refractivity contribution in [2.24, 2.45) is 7.05 Å². The van der Waals surface area contributed by atoms with E-state index in [0.29, 0.717) is 18.7 Å². The number of likely N-dealkylation sites (N-methyl/N-ethyl adjacent to an activating group) is 1. The molecule has 0 spiro atoms. The van der Waals surface area contributed by atoms with Crippen molar-refractivity contribution in [1.82, 2.24) is 18.9 Å². The summed E-state index contributed by atoms with van der Waals surface area (Å²) in [7, 11) is 5.88. The molecule has 0 bridgehead atoms. The van der Waals surface area contributed by atoms with Gasteiger partial charge in [-0.2, -0.15) is 0 Å². The molecule has 0 aliphatic rings. The number of ether oxygens (including phenoxy) is 1. The Balaban J connectivity index is 1.83. The molecule has 0 saturated heterocycles. The summed E-state index contributed by atoms with van der Waals surface area (Å²) in [5.74, 6) is 0.596. The minimum Gasteiger partial charge on any atom is -0.461 e. The maximum atomic E-state index is 12.8. The summed E-state index contributed by atoms with van der Waals surface area (Å²) in [5.41, 5.74) is 3.42. The van der Waals surface area contributed by atoms with Crippen molar-refractivity contribution in [3.8, 4) is 11.4 Å². The largest absolute Gasteiger partial charge is 0.461 e. The van der Waals surface area contributed by atoms with Crippen LogP contribution in [0.3, 0.4) is 0 Å². The first-order valence-corrected chi connectivity index (χ1v) is 8.88. The van der Waals surface area contributed by atoms with Crippen LogP contribution in [0.4, 0.5) is 0 Å². The fourth-order valence-corrected chi connectivity index (χ4v) is 3.33. The van der Waals surface area contributed by atoms with Gasteiger partial charge in [0.05, 0.1) is 16.6 Å². The van der Waals surface area contributed by atoms with E-state index >= 15 is 0 Å². The van der Waals surface area contributed by atoms with E-state index in [2.05, 4.69) is 11.1 Å². The maximum Gasteiger partial charge on any atom is 0.341 e. The number of benzene rings is 1. The molecule has 0 N–H and O–H groups in total. The van der Waals surface area contributed by atoms with E-state index < -0.39 is 0 Å². The Hall–Kier alpha value is -3.12. The zero-order valence-electron chi connectivity index (χ0n) is 15.7. The molecule has 3 heterocycles. The third-order valence-electron chi connectivity index (χ3n) is 4.70. The molecule has 0 saturated carbocycles. The van der Waals surface area contributed by atoms with Crippen LogP contribution in [0.25, 0.3) is 27.8 Å². The predicted octanol–water partition coefficient (Wildman–Crippen LogP) is 3.21. The molecule has 6 nitrogen and oxygen atoms in total. The van der Waals surface area contributed by atoms with Crippen molar-refractivity contribution >= 4 is 22.4 Å². The number of hydrogen-bond acceptors (Lipinski definition) is 4. The molecule has 27 heavy (non-hydrogen) atoms. The number of fused-ring (bicyclic) bond motifs is 3. The van der Waals surface area contributed by atoms with E-state index in [-0.39, 0.29) is 5.97 Å². The molecule has 0 unspecified atom stereocenters. The van der Waals surface area contributed by atoms with E-state index in [4.69, 9.17) is 4.74 Å². The van der Waals surface area contributed by atoms with E-state index in [1.54, 1.807) is 6.20 Å². The Bertz CT molecular complexity index is 1120. The summed E-state index contributed by atoms with van der Waals surface area (Å²) in [6, 6.07) is 11.9. The highest BCUT2D eigenvalue weighted by molar-refractivity contribution is 6.12. The van der Waals surface area contributed by atoms with Crippen LogP contribution in [-0.4, -0.2) is 52.1 Å². The monoisotopic (exact) mass is 362 g/mol. The number of imidazole rings is 1. The zero-order valence-corrected chi connectivity index (χ0v) is 15.7. The van der Waals surface area contributed by atoms with E-state index in [1.807, 2.05) is 77.7 Å². The SMILES string of the molecule is CN(C)CCOC(=O)c1c2ccc(-c3nccn3C)cc2n2ccccc12. The lowest BCUT2D eigenvalue weighted by atomic mass is 10.1. The molecule has 0 radical (unpaired) electrons. The average Bonchev–Trinajstić information content (AvgIpc) is 3.22. The average molecular weight is 362 g/mol. The first kappa shape index (κ1) is 17.3. The Morgan fingerprint density at radius 2 is 2.00 bits per heavy atom. The molecule has 4 rings (SSSR count). The summed E-state index contributed by atoms with van der Waals surface area (Å²) in [6.07, 6.45) is 5.67. The van der Waals surface area contributed by atoms with Gasteiger partial charge in [0.1, 0.15) is 12.4 Å². The molecule has 0 fully saturated rings. The fourth-order valence-electron chi connectivity index (χ4n) is 3.33. The molecule has 138 valence electrons. The van der Waals surface area contributed by atoms with Crippen molar-refractivity contribution in [1.29, 1.82) is 0 Å². The highest BCUT2D eigenvalue weighted by Crippen LogP contribution is 2.30. The van der Waals surface area contributed by atoms with Crippen LogP contribution in [-0.2, 0) is 11.8 Å². The second-order valence-corrected chi connectivity index (χ2v) is 6.86. The summed E-state index contributed by atoms with van der Waals surface area (Å²) < 4.78 is 9.54. The number of nitrogens with zero attached hydrogens (tertiary/aromatic N) is 4. The third kappa shape index (κ3) is 3.08. The number of pyridine rings is 1. The van der Waals surface area contributed by atoms with Gasteiger partial charge in [-0.15, -0.1) is 0 Å². The van der Waals surface area contributed by atoms with Gasteiger partial charge in [0.2, 0.25) is 0 Å². The number of hydrogen-bond donors (Lipinski definition) is 0. The van der Waals surface area contributed by atoms with Crippen LogP contribution in [0.1, 0.15) is 10.4 Å². The highest BCUT2D eigenvalue weighted by Gasteiger charge is 2.20. The Labute approximate surface area is 157 Å². The molecule has 1 aromatic carbocycles. The van der Waals surface area contributed by atoms with Crippen molar-refractivity contribution in [2.75, 3.05) is 27.2 Å². The molecule has 6 heteroatoms. The van der Waals surface area contributed by atoms with Gasteiger partial charge < -0.3 is 18.6 Å². The standard InChI is InChI=1S/C21H22N4O2/c1-23(2)12-13-27-21(26)19-16-8-7-15(20-22-9-11-24(20)3)14-18(16)25-10-5-4-6-17(19)25/h4-11,14H,12-13H2,1-3H3. The topological polar surface area (TPSA) is 51.8 Å². The number of esters is 1. The lowest BCUT2D eigenvalue weighted by Crippen LogP contribution is -2.20. The molecule has 0 amide bonds. The normalized spacial score (nSPS) is 11.6. The number of carbonyl (C=O) groups is 1. The second-order valence-electron chi connectivity index (χ2n) is 6.86. The third-order valence-corrected chi connectivity index (χ3v) is 4.70. The van der Waals surface area contributed by atoms with Crippen LogP contribution in [0.2, 0.25) is 0 Å². The predicted molar refractivity (Wildman–Crippen MR) is 106 cm³/mol. The van der Waals surface area contributed by atoms with Gasteiger partial charge in [0.15, 0.2) is 0 Å². The first-order valence-electron chi connectivity index (χ1n) is 8.88. The van der Waals surface area contributed by atoms with Crippen molar-refractivity contribution in [3.05, 3.63) is 60.6 Å². The molecule has 0 aliphatic carbocycles. The number of aromatic nitrogens is 3. The van der Waals surface area contributed by atoms with Gasteiger partial charge in [0.25, 0.3) is 0 Å². The number of aryl methyl sites for hydroxylation is 1. The van der Waals surface area contributed by atoms with E-state index in [0.717, 1.165) is 27.8 Å². The van der Waals surface area contributed by atoms with Crippen molar-refractivity contribution < 1.29 is 9.53 Å². The van der Waals surface area contributed by atoms with Gasteiger partial charge >= 0.3 is 5.97 Å². The number of rotatable bonds is 5. The Morgan fingerprint density at radius 1 is 1.15 bits per heavy atom. The van der Waals surface area contributed by atoms with Gasteiger partial charge in [-0.25, -0.2) is 9.78 Å². The molecule has 0 aliphatic heterocycles. The first-order chi connectivity index (χ1) is 13.1. The highest BCUT2D eigenvalue weighted by atomic mass is 16.5. The molecule has 0 atom stereocenters. The van der Waals surface area contributed by atoms with Crippen LogP contribution in [0, 0.1) is 0 Å². The van der Waals surface area contributed by atoms with Crippen LogP contribution < -0.4 is 0 Å². The maximum absolute atomic E-state index is 12.8. The van der Waals surface area contributed by atoms with Crippen molar-refractivity contribution in [3.63, 3.8) is 0 Å². The Kier molecular flexibility index (Phi) is 4.41. The molecular formula is C21H22N4O2. The number of carbonyl (C=O) groups excluding carboxylic acids is 1. The quantitative estimate of drug-likeness (QED) is 0.512. The van der Waals surface area contributed by atoms with Gasteiger partial charge in [0, 0.05) is 43.1 Å². The van der Waals surface area contributed by atoms with E-state index in [9.17, 15) is 4.79 Å². The molecule has 3 aromatic heterocycles. The lowest BCUT2D eigenvalue weighted by Gasteiger charge is -2.09. The second kappa shape index (κ2) is 6.89. The van der Waals surface area contributed by atoms with Gasteiger partial charge in [-0.1, -0.05) is 18.2 Å². The van der Waals surface area contributed by atoms with Crippen LogP contribution in [0.5, 0.6) is 0 Å². The van der Waals surface area contributed by atoms with Crippen LogP contribution in [0.15, 0.2) is 55.0 Å². The molecule has 4 aromatic rings. The molecular weight excluding hydrogens is 340 g/mol. The van der Waals surface area contributed by atoms with Gasteiger partial charge in [-0.3, -0.25) is 0 Å². The van der Waals surface area contributed by atoms with Gasteiger partial charge in [-0.05, 0) is 32.3 Å². The summed E-state index contributed by atoms with van der Waals surface area (Å²) >= 11 is 0. The minimum atomic E-state index is -0.291. The summed E-state index contributed by atoms with van der Waals surface area (Å²) in [4.78, 5) is 19.2. The van der Waals surface area contributed by atoms with E-state index in [1.165, 1.54) is 0 Å². The zero-order chi connectivity index (χ0) is 19.0.